The van der Waals surface area contributed by atoms with E-state index in [-0.39, 0.29) is 56.5 Å². The van der Waals surface area contributed by atoms with E-state index in [0.29, 0.717) is 25.0 Å². The van der Waals surface area contributed by atoms with Crippen LogP contribution in [0.2, 0.25) is 0 Å². The number of hydrogen-bond donors (Lipinski definition) is 0. The SMILES string of the molecule is CC[C@]1(C)C(=O)CC[C@]2(C)C3=CC(=O)[C@@H]4[C@@H]5CC(C)(C)CC[C@]5(C(=O)N=[N+]=[N-])CC[C@@]4(C)[C@]3(C)CC[C@@H]12. The molecule has 37 heavy (non-hydrogen) atoms. The van der Waals surface area contributed by atoms with E-state index < -0.39 is 5.41 Å². The van der Waals surface area contributed by atoms with E-state index in [1.54, 1.807) is 0 Å². The molecule has 0 aromatic rings. The quantitative estimate of drug-likeness (QED) is 0.217. The van der Waals surface area contributed by atoms with Crippen molar-refractivity contribution < 1.29 is 14.4 Å². The Balaban J connectivity index is 1.66. The maximum atomic E-state index is 14.4. The number of carbonyl (C=O) groups excluding carboxylic acids is 3. The Hall–Kier alpha value is -1.94. The molecule has 0 radical (unpaired) electrons. The molecule has 5 aliphatic rings. The summed E-state index contributed by atoms with van der Waals surface area (Å²) in [5.74, 6) is 0.0699. The molecule has 0 spiro atoms. The number of azide groups is 1. The highest BCUT2D eigenvalue weighted by atomic mass is 16.2. The van der Waals surface area contributed by atoms with E-state index in [0.717, 1.165) is 44.9 Å². The molecule has 6 heteroatoms. The Morgan fingerprint density at radius 3 is 2.35 bits per heavy atom. The van der Waals surface area contributed by atoms with Gasteiger partial charge in [-0.15, -0.1) is 0 Å². The van der Waals surface area contributed by atoms with Crippen molar-refractivity contribution in [2.24, 2.45) is 55.4 Å². The van der Waals surface area contributed by atoms with E-state index in [9.17, 15) is 14.4 Å². The minimum Gasteiger partial charge on any atom is -0.299 e. The van der Waals surface area contributed by atoms with Crippen LogP contribution in [0, 0.1) is 50.2 Å². The Morgan fingerprint density at radius 1 is 1.03 bits per heavy atom. The number of Topliss-reactive ketones (excluding diaryl/α,β-unsaturated/α-hetero) is 1. The Kier molecular flexibility index (Phi) is 5.79. The van der Waals surface area contributed by atoms with Crippen LogP contribution in [0.3, 0.4) is 0 Å². The molecule has 0 heterocycles. The lowest BCUT2D eigenvalue weighted by Gasteiger charge is -2.69. The van der Waals surface area contributed by atoms with E-state index in [4.69, 9.17) is 5.53 Å². The molecule has 0 aliphatic heterocycles. The van der Waals surface area contributed by atoms with Crippen molar-refractivity contribution in [3.8, 4) is 0 Å². The average Bonchev–Trinajstić information content (AvgIpc) is 2.83. The molecule has 5 rings (SSSR count). The summed E-state index contributed by atoms with van der Waals surface area (Å²) in [5.41, 5.74) is 8.77. The van der Waals surface area contributed by atoms with Gasteiger partial charge in [0.25, 0.3) is 0 Å². The number of amides is 1. The number of fused-ring (bicyclic) bond motifs is 7. The number of nitrogens with zero attached hydrogens (tertiary/aromatic N) is 3. The zero-order valence-electron chi connectivity index (χ0n) is 23.9. The summed E-state index contributed by atoms with van der Waals surface area (Å²) in [6, 6.07) is 0. The zero-order chi connectivity index (χ0) is 27.2. The largest absolute Gasteiger partial charge is 0.299 e. The third-order valence-electron chi connectivity index (χ3n) is 13.2. The van der Waals surface area contributed by atoms with Crippen molar-refractivity contribution in [3.05, 3.63) is 22.1 Å². The molecule has 4 saturated carbocycles. The van der Waals surface area contributed by atoms with Gasteiger partial charge in [-0.1, -0.05) is 54.0 Å². The van der Waals surface area contributed by atoms with Gasteiger partial charge in [0.1, 0.15) is 5.78 Å². The van der Waals surface area contributed by atoms with Crippen molar-refractivity contribution in [2.75, 3.05) is 0 Å². The minimum atomic E-state index is -0.734. The maximum absolute atomic E-state index is 14.4. The lowest BCUT2D eigenvalue weighted by molar-refractivity contribution is -0.180. The van der Waals surface area contributed by atoms with Gasteiger partial charge in [-0.3, -0.25) is 14.4 Å². The fraction of sp³-hybridized carbons (Fsp3) is 0.839. The third kappa shape index (κ3) is 3.23. The Bertz CT molecular complexity index is 1150. The van der Waals surface area contributed by atoms with Gasteiger partial charge >= 0.3 is 0 Å². The summed E-state index contributed by atoms with van der Waals surface area (Å²) in [4.78, 5) is 43.8. The second-order valence-corrected chi connectivity index (χ2v) is 15.0. The first kappa shape index (κ1) is 26.7. The average molecular weight is 508 g/mol. The zero-order valence-corrected chi connectivity index (χ0v) is 23.9. The van der Waals surface area contributed by atoms with Crippen LogP contribution >= 0.6 is 0 Å². The van der Waals surface area contributed by atoms with Crippen molar-refractivity contribution in [1.29, 1.82) is 0 Å². The highest BCUT2D eigenvalue weighted by molar-refractivity contribution is 5.97. The number of allylic oxidation sites excluding steroid dienone is 2. The molecule has 0 aromatic carbocycles. The van der Waals surface area contributed by atoms with Gasteiger partial charge in [-0.25, -0.2) is 0 Å². The number of carbonyl (C=O) groups is 3. The molecule has 202 valence electrons. The van der Waals surface area contributed by atoms with Gasteiger partial charge < -0.3 is 0 Å². The second kappa shape index (κ2) is 8.04. The van der Waals surface area contributed by atoms with Gasteiger partial charge in [-0.2, -0.15) is 0 Å². The molecule has 0 saturated heterocycles. The number of rotatable bonds is 2. The summed E-state index contributed by atoms with van der Waals surface area (Å²) in [6.07, 6.45) is 10.0. The minimum absolute atomic E-state index is 0.0323. The molecule has 0 bridgehead atoms. The molecular formula is C31H45N3O3. The molecule has 8 atom stereocenters. The summed E-state index contributed by atoms with van der Waals surface area (Å²) in [6.45, 7) is 15.8. The van der Waals surface area contributed by atoms with E-state index >= 15 is 0 Å². The van der Waals surface area contributed by atoms with Gasteiger partial charge in [0.2, 0.25) is 5.91 Å². The lowest BCUT2D eigenvalue weighted by Crippen LogP contribution is -2.66. The molecule has 0 aromatic heterocycles. The Labute approximate surface area is 222 Å². The fourth-order valence-corrected chi connectivity index (χ4v) is 10.6. The highest BCUT2D eigenvalue weighted by Crippen LogP contribution is 2.75. The highest BCUT2D eigenvalue weighted by Gasteiger charge is 2.70. The topological polar surface area (TPSA) is 100.0 Å². The van der Waals surface area contributed by atoms with Crippen molar-refractivity contribution in [3.63, 3.8) is 0 Å². The van der Waals surface area contributed by atoms with Crippen LogP contribution in [-0.2, 0) is 14.4 Å². The van der Waals surface area contributed by atoms with Crippen LogP contribution in [-0.4, -0.2) is 17.5 Å². The van der Waals surface area contributed by atoms with Crippen LogP contribution < -0.4 is 0 Å². The van der Waals surface area contributed by atoms with Gasteiger partial charge in [0.05, 0.1) is 0 Å². The third-order valence-corrected chi connectivity index (χ3v) is 13.2. The lowest BCUT2D eigenvalue weighted by atomic mass is 9.33. The predicted molar refractivity (Wildman–Crippen MR) is 143 cm³/mol. The molecule has 1 amide bonds. The van der Waals surface area contributed by atoms with Crippen LogP contribution in [0.1, 0.15) is 113 Å². The number of hydrogen-bond acceptors (Lipinski definition) is 3. The van der Waals surface area contributed by atoms with Crippen LogP contribution in [0.5, 0.6) is 0 Å². The standard InChI is InChI=1S/C31H45N3O3/c1-8-27(4)21-9-12-29(6)22(28(21,5)11-10-23(27)36)17-20(35)24-19-18-26(2,3)13-15-31(19,25(37)33-34-32)16-14-30(24,29)7/h17,19,21,24H,8-16,18H2,1-7H3/t19-,21-,24-,27-,28-,29+,30+,31-/m0/s1. The molecule has 4 fully saturated rings. The molecular weight excluding hydrogens is 462 g/mol. The summed E-state index contributed by atoms with van der Waals surface area (Å²) < 4.78 is 0. The first-order valence-electron chi connectivity index (χ1n) is 14.5. The Morgan fingerprint density at radius 2 is 1.70 bits per heavy atom. The molecule has 6 nitrogen and oxygen atoms in total. The summed E-state index contributed by atoms with van der Waals surface area (Å²) in [7, 11) is 0. The van der Waals surface area contributed by atoms with Gasteiger partial charge in [0.15, 0.2) is 5.78 Å². The fourth-order valence-electron chi connectivity index (χ4n) is 10.6. The van der Waals surface area contributed by atoms with Crippen LogP contribution in [0.4, 0.5) is 0 Å². The van der Waals surface area contributed by atoms with E-state index in [2.05, 4.69) is 58.5 Å². The normalized spacial score (nSPS) is 48.4. The van der Waals surface area contributed by atoms with Crippen LogP contribution in [0.15, 0.2) is 16.8 Å². The number of ketones is 2. The van der Waals surface area contributed by atoms with Gasteiger partial charge in [-0.05, 0) is 108 Å². The maximum Gasteiger partial charge on any atom is 0.225 e. The summed E-state index contributed by atoms with van der Waals surface area (Å²) >= 11 is 0. The first-order valence-corrected chi connectivity index (χ1v) is 14.5. The first-order chi connectivity index (χ1) is 17.2. The van der Waals surface area contributed by atoms with Crippen molar-refractivity contribution in [2.45, 2.75) is 113 Å². The van der Waals surface area contributed by atoms with E-state index in [1.165, 1.54) is 5.57 Å². The second-order valence-electron chi connectivity index (χ2n) is 15.0. The van der Waals surface area contributed by atoms with Crippen LogP contribution in [0.25, 0.3) is 10.4 Å². The van der Waals surface area contributed by atoms with Gasteiger partial charge in [0, 0.05) is 28.1 Å². The smallest absolute Gasteiger partial charge is 0.225 e. The van der Waals surface area contributed by atoms with Crippen molar-refractivity contribution in [1.82, 2.24) is 0 Å². The molecule has 5 aliphatic carbocycles. The van der Waals surface area contributed by atoms with Crippen molar-refractivity contribution >= 4 is 17.5 Å². The summed E-state index contributed by atoms with van der Waals surface area (Å²) in [5, 5.41) is 3.64. The van der Waals surface area contributed by atoms with E-state index in [1.807, 2.05) is 6.08 Å². The predicted octanol–water partition coefficient (Wildman–Crippen LogP) is 7.76. The molecule has 0 unspecified atom stereocenters. The molecule has 0 N–H and O–H groups in total. The monoisotopic (exact) mass is 507 g/mol.